The molecule has 1 saturated heterocycles. The van der Waals surface area contributed by atoms with Crippen LogP contribution in [0.5, 0.6) is 0 Å². The lowest BCUT2D eigenvalue weighted by atomic mass is 9.96. The van der Waals surface area contributed by atoms with Crippen molar-refractivity contribution in [2.75, 3.05) is 6.54 Å². The molecule has 1 fully saturated rings. The van der Waals surface area contributed by atoms with E-state index >= 15 is 0 Å². The van der Waals surface area contributed by atoms with Crippen molar-refractivity contribution in [1.82, 2.24) is 9.47 Å². The van der Waals surface area contributed by atoms with Crippen LogP contribution in [0.4, 0.5) is 0 Å². The Bertz CT molecular complexity index is 682. The Morgan fingerprint density at radius 1 is 1.33 bits per heavy atom. The lowest BCUT2D eigenvalue weighted by Gasteiger charge is -2.34. The summed E-state index contributed by atoms with van der Waals surface area (Å²) in [7, 11) is 1.98. The number of aromatic nitrogens is 1. The Balaban J connectivity index is 2.01. The van der Waals surface area contributed by atoms with Crippen LogP contribution in [0.3, 0.4) is 0 Å². The van der Waals surface area contributed by atoms with Crippen molar-refractivity contribution < 1.29 is 9.90 Å². The summed E-state index contributed by atoms with van der Waals surface area (Å²) in [6, 6.07) is 7.69. The number of fused-ring (bicyclic) bond motifs is 1. The van der Waals surface area contributed by atoms with Gasteiger partial charge in [0.15, 0.2) is 0 Å². The van der Waals surface area contributed by atoms with Crippen molar-refractivity contribution in [1.29, 1.82) is 0 Å². The van der Waals surface area contributed by atoms with Crippen LogP contribution in [0.15, 0.2) is 30.5 Å². The van der Waals surface area contributed by atoms with Crippen LogP contribution in [0, 0.1) is 0 Å². The van der Waals surface area contributed by atoms with Gasteiger partial charge in [0, 0.05) is 36.3 Å². The maximum atomic E-state index is 12.9. The van der Waals surface area contributed by atoms with Crippen LogP contribution in [-0.2, 0) is 7.05 Å². The van der Waals surface area contributed by atoms with Gasteiger partial charge in [-0.05, 0) is 44.9 Å². The molecule has 1 atom stereocenters. The molecule has 0 bridgehead atoms. The summed E-state index contributed by atoms with van der Waals surface area (Å²) in [5.41, 5.74) is 0.917. The lowest BCUT2D eigenvalue weighted by molar-refractivity contribution is 0.000410. The van der Waals surface area contributed by atoms with Gasteiger partial charge in [-0.1, -0.05) is 6.07 Å². The predicted octanol–water partition coefficient (Wildman–Crippen LogP) is 2.55. The molecule has 1 aromatic carbocycles. The first-order valence-corrected chi connectivity index (χ1v) is 7.47. The molecule has 0 saturated carbocycles. The minimum Gasteiger partial charge on any atom is -0.388 e. The van der Waals surface area contributed by atoms with Crippen molar-refractivity contribution in [3.63, 3.8) is 0 Å². The molecule has 2 heterocycles. The number of carbonyl (C=O) groups is 1. The highest BCUT2D eigenvalue weighted by atomic mass is 16.3. The van der Waals surface area contributed by atoms with E-state index in [0.29, 0.717) is 0 Å². The van der Waals surface area contributed by atoms with Gasteiger partial charge in [-0.2, -0.15) is 0 Å². The van der Waals surface area contributed by atoms with E-state index in [1.165, 1.54) is 0 Å². The molecule has 1 aromatic heterocycles. The number of carbonyl (C=O) groups excluding carboxylic acids is 1. The van der Waals surface area contributed by atoms with Crippen molar-refractivity contribution in [2.24, 2.45) is 7.05 Å². The number of nitrogens with zero attached hydrogens (tertiary/aromatic N) is 2. The molecule has 1 amide bonds. The number of likely N-dealkylation sites (tertiary alicyclic amines) is 1. The zero-order valence-corrected chi connectivity index (χ0v) is 12.8. The first-order valence-electron chi connectivity index (χ1n) is 7.47. The Morgan fingerprint density at radius 2 is 2.10 bits per heavy atom. The number of aliphatic hydroxyl groups is 1. The van der Waals surface area contributed by atoms with E-state index in [-0.39, 0.29) is 11.9 Å². The zero-order chi connectivity index (χ0) is 15.2. The van der Waals surface area contributed by atoms with Gasteiger partial charge in [0.05, 0.1) is 11.6 Å². The Labute approximate surface area is 125 Å². The fourth-order valence-corrected chi connectivity index (χ4v) is 3.39. The van der Waals surface area contributed by atoms with Crippen LogP contribution >= 0.6 is 0 Å². The molecule has 4 nitrogen and oxygen atoms in total. The molecule has 1 aliphatic rings. The third-order valence-electron chi connectivity index (χ3n) is 4.49. The monoisotopic (exact) mass is 286 g/mol. The predicted molar refractivity (Wildman–Crippen MR) is 83.3 cm³/mol. The van der Waals surface area contributed by atoms with Gasteiger partial charge in [-0.15, -0.1) is 0 Å². The van der Waals surface area contributed by atoms with E-state index in [1.807, 2.05) is 47.0 Å². The van der Waals surface area contributed by atoms with E-state index in [0.717, 1.165) is 35.9 Å². The van der Waals surface area contributed by atoms with Gasteiger partial charge < -0.3 is 14.6 Å². The lowest BCUT2D eigenvalue weighted by Crippen LogP contribution is -2.48. The largest absolute Gasteiger partial charge is 0.388 e. The van der Waals surface area contributed by atoms with E-state index in [2.05, 4.69) is 0 Å². The highest BCUT2D eigenvalue weighted by Gasteiger charge is 2.39. The van der Waals surface area contributed by atoms with Gasteiger partial charge in [-0.3, -0.25) is 4.79 Å². The number of amides is 1. The highest BCUT2D eigenvalue weighted by Crippen LogP contribution is 2.30. The molecule has 0 aliphatic carbocycles. The van der Waals surface area contributed by atoms with Gasteiger partial charge in [-0.25, -0.2) is 0 Å². The molecule has 3 rings (SSSR count). The molecule has 21 heavy (non-hydrogen) atoms. The second-order valence-electron chi connectivity index (χ2n) is 6.48. The van der Waals surface area contributed by atoms with Crippen molar-refractivity contribution in [2.45, 2.75) is 38.3 Å². The van der Waals surface area contributed by atoms with Crippen LogP contribution in [-0.4, -0.2) is 38.7 Å². The summed E-state index contributed by atoms with van der Waals surface area (Å²) in [6.07, 6.45) is 3.78. The van der Waals surface area contributed by atoms with Gasteiger partial charge in [0.25, 0.3) is 5.91 Å². The van der Waals surface area contributed by atoms with E-state index in [9.17, 15) is 9.90 Å². The van der Waals surface area contributed by atoms with E-state index in [4.69, 9.17) is 0 Å². The van der Waals surface area contributed by atoms with E-state index in [1.54, 1.807) is 13.8 Å². The second kappa shape index (κ2) is 4.88. The summed E-state index contributed by atoms with van der Waals surface area (Å²) in [5, 5.41) is 11.3. The zero-order valence-electron chi connectivity index (χ0n) is 12.8. The number of hydrogen-bond acceptors (Lipinski definition) is 2. The summed E-state index contributed by atoms with van der Waals surface area (Å²) in [6.45, 7) is 4.29. The molecule has 0 radical (unpaired) electrons. The molecule has 1 aliphatic heterocycles. The first-order chi connectivity index (χ1) is 9.89. The summed E-state index contributed by atoms with van der Waals surface area (Å²) >= 11 is 0. The Kier molecular flexibility index (Phi) is 3.29. The molecule has 112 valence electrons. The quantitative estimate of drug-likeness (QED) is 0.922. The van der Waals surface area contributed by atoms with Crippen molar-refractivity contribution in [3.8, 4) is 0 Å². The summed E-state index contributed by atoms with van der Waals surface area (Å²) < 4.78 is 2.02. The third kappa shape index (κ3) is 2.33. The first kappa shape index (κ1) is 14.1. The topological polar surface area (TPSA) is 45.5 Å². The van der Waals surface area contributed by atoms with Crippen LogP contribution < -0.4 is 0 Å². The molecular weight excluding hydrogens is 264 g/mol. The normalized spacial score (nSPS) is 19.4. The van der Waals surface area contributed by atoms with Gasteiger partial charge in [0.2, 0.25) is 0 Å². The SMILES string of the molecule is Cn1ccc2c(C(=O)N3CCCC3C(C)(C)O)cccc21. The van der Waals surface area contributed by atoms with Crippen LogP contribution in [0.2, 0.25) is 0 Å². The molecular formula is C17H22N2O2. The minimum absolute atomic E-state index is 0.0245. The standard InChI is InChI=1S/C17H22N2O2/c1-17(2,21)15-8-5-10-19(15)16(20)13-6-4-7-14-12(13)9-11-18(14)3/h4,6-7,9,11,15,21H,5,8,10H2,1-3H3. The number of benzene rings is 1. The van der Waals surface area contributed by atoms with E-state index < -0.39 is 5.60 Å². The van der Waals surface area contributed by atoms with Gasteiger partial charge >= 0.3 is 0 Å². The third-order valence-corrected chi connectivity index (χ3v) is 4.49. The van der Waals surface area contributed by atoms with Gasteiger partial charge in [0.1, 0.15) is 0 Å². The highest BCUT2D eigenvalue weighted by molar-refractivity contribution is 6.06. The molecule has 1 N–H and O–H groups in total. The average Bonchev–Trinajstić information content (AvgIpc) is 3.04. The number of hydrogen-bond donors (Lipinski definition) is 1. The summed E-state index contributed by atoms with van der Waals surface area (Å²) in [4.78, 5) is 14.8. The Hall–Kier alpha value is -1.81. The second-order valence-corrected chi connectivity index (χ2v) is 6.48. The number of rotatable bonds is 2. The minimum atomic E-state index is -0.864. The molecule has 1 unspecified atom stereocenters. The maximum absolute atomic E-state index is 12.9. The summed E-state index contributed by atoms with van der Waals surface area (Å²) in [5.74, 6) is 0.0245. The maximum Gasteiger partial charge on any atom is 0.254 e. The fourth-order valence-electron chi connectivity index (χ4n) is 3.39. The van der Waals surface area contributed by atoms with Crippen LogP contribution in [0.25, 0.3) is 10.9 Å². The average molecular weight is 286 g/mol. The number of aryl methyl sites for hydroxylation is 1. The van der Waals surface area contributed by atoms with Crippen molar-refractivity contribution in [3.05, 3.63) is 36.0 Å². The van der Waals surface area contributed by atoms with Crippen molar-refractivity contribution >= 4 is 16.8 Å². The molecule has 4 heteroatoms. The molecule has 0 spiro atoms. The fraction of sp³-hybridized carbons (Fsp3) is 0.471. The smallest absolute Gasteiger partial charge is 0.254 e. The van der Waals surface area contributed by atoms with Crippen LogP contribution in [0.1, 0.15) is 37.0 Å². The Morgan fingerprint density at radius 3 is 2.81 bits per heavy atom. The molecule has 2 aromatic rings.